The topological polar surface area (TPSA) is 67.4 Å². The smallest absolute Gasteiger partial charge is 0.262 e. The summed E-state index contributed by atoms with van der Waals surface area (Å²) in [4.78, 5) is 24.2. The summed E-state index contributed by atoms with van der Waals surface area (Å²) in [5, 5.41) is 6.11. The predicted octanol–water partition coefficient (Wildman–Crippen LogP) is 4.61. The number of rotatable bonds is 6. The highest BCUT2D eigenvalue weighted by Crippen LogP contribution is 2.18. The molecule has 0 spiro atoms. The van der Waals surface area contributed by atoms with Crippen molar-refractivity contribution >= 4 is 34.8 Å². The van der Waals surface area contributed by atoms with Crippen LogP contribution in [-0.4, -0.2) is 18.4 Å². The van der Waals surface area contributed by atoms with Crippen LogP contribution in [0, 0.1) is 0 Å². The fourth-order valence-electron chi connectivity index (χ4n) is 2.34. The van der Waals surface area contributed by atoms with E-state index < -0.39 is 0 Å². The molecule has 0 atom stereocenters. The van der Waals surface area contributed by atoms with Gasteiger partial charge in [0.05, 0.1) is 0 Å². The zero-order valence-electron chi connectivity index (χ0n) is 14.3. The van der Waals surface area contributed by atoms with Crippen LogP contribution in [0.4, 0.5) is 11.4 Å². The van der Waals surface area contributed by atoms with Crippen LogP contribution in [0.5, 0.6) is 5.75 Å². The third-order valence-corrected chi connectivity index (χ3v) is 3.88. The van der Waals surface area contributed by atoms with Crippen LogP contribution < -0.4 is 15.4 Å². The highest BCUT2D eigenvalue weighted by atomic mass is 35.5. The quantitative estimate of drug-likeness (QED) is 0.656. The van der Waals surface area contributed by atoms with Gasteiger partial charge >= 0.3 is 0 Å². The lowest BCUT2D eigenvalue weighted by Crippen LogP contribution is -2.20. The van der Waals surface area contributed by atoms with Crippen LogP contribution >= 0.6 is 11.6 Å². The maximum Gasteiger partial charge on any atom is 0.262 e. The predicted molar refractivity (Wildman–Crippen MR) is 106 cm³/mol. The van der Waals surface area contributed by atoms with E-state index in [1.165, 1.54) is 0 Å². The number of carbonyl (C=O) groups is 2. The van der Waals surface area contributed by atoms with Gasteiger partial charge in [0.2, 0.25) is 0 Å². The van der Waals surface area contributed by atoms with Crippen molar-refractivity contribution in [1.82, 2.24) is 0 Å². The van der Waals surface area contributed by atoms with Gasteiger partial charge in [0.25, 0.3) is 11.8 Å². The first-order valence-corrected chi connectivity index (χ1v) is 8.62. The standard InChI is InChI=1S/C21H17ClN2O3/c22-16-9-11-17(12-10-16)23-20(25)14-27-19-8-4-7-18(13-19)24-21(26)15-5-2-1-3-6-15/h1-13H,14H2,(H,23,25)(H,24,26). The molecule has 2 N–H and O–H groups in total. The number of amides is 2. The second-order valence-electron chi connectivity index (χ2n) is 5.69. The average molecular weight is 381 g/mol. The van der Waals surface area contributed by atoms with Crippen LogP contribution in [0.15, 0.2) is 78.9 Å². The third kappa shape index (κ3) is 5.59. The third-order valence-electron chi connectivity index (χ3n) is 3.63. The molecule has 5 nitrogen and oxygen atoms in total. The number of benzene rings is 3. The zero-order chi connectivity index (χ0) is 19.1. The normalized spacial score (nSPS) is 10.1. The fourth-order valence-corrected chi connectivity index (χ4v) is 2.46. The van der Waals surface area contributed by atoms with Crippen LogP contribution in [0.2, 0.25) is 5.02 Å². The van der Waals surface area contributed by atoms with Crippen molar-refractivity contribution < 1.29 is 14.3 Å². The second-order valence-corrected chi connectivity index (χ2v) is 6.13. The molecule has 0 aliphatic carbocycles. The van der Waals surface area contributed by atoms with Gasteiger partial charge < -0.3 is 15.4 Å². The summed E-state index contributed by atoms with van der Waals surface area (Å²) < 4.78 is 5.50. The largest absolute Gasteiger partial charge is 0.484 e. The van der Waals surface area contributed by atoms with Crippen LogP contribution in [0.1, 0.15) is 10.4 Å². The van der Waals surface area contributed by atoms with Crippen molar-refractivity contribution in [3.63, 3.8) is 0 Å². The molecule has 0 aliphatic heterocycles. The molecule has 0 aliphatic rings. The molecular weight excluding hydrogens is 364 g/mol. The number of hydrogen-bond donors (Lipinski definition) is 2. The Morgan fingerprint density at radius 3 is 2.30 bits per heavy atom. The number of ether oxygens (including phenoxy) is 1. The second kappa shape index (κ2) is 8.87. The van der Waals surface area contributed by atoms with Gasteiger partial charge in [0, 0.05) is 28.0 Å². The van der Waals surface area contributed by atoms with Crippen molar-refractivity contribution in [2.45, 2.75) is 0 Å². The number of hydrogen-bond acceptors (Lipinski definition) is 3. The van der Waals surface area contributed by atoms with Crippen molar-refractivity contribution in [2.24, 2.45) is 0 Å². The number of carbonyl (C=O) groups excluding carboxylic acids is 2. The first-order valence-electron chi connectivity index (χ1n) is 8.25. The van der Waals surface area contributed by atoms with Gasteiger partial charge in [-0.25, -0.2) is 0 Å². The lowest BCUT2D eigenvalue weighted by molar-refractivity contribution is -0.118. The summed E-state index contributed by atoms with van der Waals surface area (Å²) in [6.07, 6.45) is 0. The van der Waals surface area contributed by atoms with E-state index in [0.717, 1.165) is 0 Å². The molecular formula is C21H17ClN2O3. The van der Waals surface area contributed by atoms with Crippen molar-refractivity contribution in [1.29, 1.82) is 0 Å². The van der Waals surface area contributed by atoms with E-state index in [0.29, 0.717) is 27.7 Å². The Balaban J connectivity index is 1.55. The van der Waals surface area contributed by atoms with E-state index in [9.17, 15) is 9.59 Å². The fraction of sp³-hybridized carbons (Fsp3) is 0.0476. The summed E-state index contributed by atoms with van der Waals surface area (Å²) in [7, 11) is 0. The molecule has 0 bridgehead atoms. The minimum Gasteiger partial charge on any atom is -0.484 e. The first-order chi connectivity index (χ1) is 13.1. The minimum atomic E-state index is -0.295. The summed E-state index contributed by atoms with van der Waals surface area (Å²) in [5.41, 5.74) is 1.78. The maximum atomic E-state index is 12.2. The SMILES string of the molecule is O=C(COc1cccc(NC(=O)c2ccccc2)c1)Nc1ccc(Cl)cc1. The minimum absolute atomic E-state index is 0.154. The average Bonchev–Trinajstić information content (AvgIpc) is 2.69. The van der Waals surface area contributed by atoms with Crippen molar-refractivity contribution in [3.05, 3.63) is 89.4 Å². The molecule has 6 heteroatoms. The van der Waals surface area contributed by atoms with Gasteiger partial charge in [-0.1, -0.05) is 35.9 Å². The van der Waals surface area contributed by atoms with Gasteiger partial charge in [-0.3, -0.25) is 9.59 Å². The first kappa shape index (κ1) is 18.5. The molecule has 2 amide bonds. The lowest BCUT2D eigenvalue weighted by atomic mass is 10.2. The molecule has 0 saturated carbocycles. The van der Waals surface area contributed by atoms with E-state index >= 15 is 0 Å². The Morgan fingerprint density at radius 2 is 1.56 bits per heavy atom. The van der Waals surface area contributed by atoms with Crippen molar-refractivity contribution in [3.8, 4) is 5.75 Å². The highest BCUT2D eigenvalue weighted by molar-refractivity contribution is 6.30. The molecule has 3 aromatic rings. The molecule has 0 heterocycles. The molecule has 0 saturated heterocycles. The summed E-state index contributed by atoms with van der Waals surface area (Å²) in [6.45, 7) is -0.154. The van der Waals surface area contributed by atoms with E-state index in [-0.39, 0.29) is 18.4 Å². The Labute approximate surface area is 161 Å². The van der Waals surface area contributed by atoms with Crippen LogP contribution in [-0.2, 0) is 4.79 Å². The summed E-state index contributed by atoms with van der Waals surface area (Å²) in [6, 6.07) is 22.6. The molecule has 0 aromatic heterocycles. The molecule has 3 aromatic carbocycles. The number of anilines is 2. The molecule has 0 fully saturated rings. The van der Waals surface area contributed by atoms with Gasteiger partial charge in [-0.2, -0.15) is 0 Å². The van der Waals surface area contributed by atoms with E-state index in [1.54, 1.807) is 72.8 Å². The summed E-state index contributed by atoms with van der Waals surface area (Å²) in [5.74, 6) is -0.0311. The molecule has 0 unspecified atom stereocenters. The zero-order valence-corrected chi connectivity index (χ0v) is 15.1. The Hall–Kier alpha value is -3.31. The van der Waals surface area contributed by atoms with Gasteiger partial charge in [0.15, 0.2) is 6.61 Å². The van der Waals surface area contributed by atoms with Gasteiger partial charge in [-0.15, -0.1) is 0 Å². The Morgan fingerprint density at radius 1 is 0.815 bits per heavy atom. The Kier molecular flexibility index (Phi) is 6.07. The molecule has 136 valence electrons. The van der Waals surface area contributed by atoms with Crippen LogP contribution in [0.25, 0.3) is 0 Å². The number of halogens is 1. The highest BCUT2D eigenvalue weighted by Gasteiger charge is 2.07. The van der Waals surface area contributed by atoms with Gasteiger partial charge in [0.1, 0.15) is 5.75 Å². The monoisotopic (exact) mass is 380 g/mol. The number of nitrogens with one attached hydrogen (secondary N) is 2. The van der Waals surface area contributed by atoms with Gasteiger partial charge in [-0.05, 0) is 48.5 Å². The lowest BCUT2D eigenvalue weighted by Gasteiger charge is -2.10. The van der Waals surface area contributed by atoms with E-state index in [4.69, 9.17) is 16.3 Å². The maximum absolute atomic E-state index is 12.2. The molecule has 0 radical (unpaired) electrons. The van der Waals surface area contributed by atoms with E-state index in [1.807, 2.05) is 6.07 Å². The van der Waals surface area contributed by atoms with Crippen LogP contribution in [0.3, 0.4) is 0 Å². The molecule has 3 rings (SSSR count). The van der Waals surface area contributed by atoms with Crippen molar-refractivity contribution in [2.75, 3.05) is 17.2 Å². The summed E-state index contributed by atoms with van der Waals surface area (Å²) >= 11 is 5.81. The Bertz CT molecular complexity index is 928. The van der Waals surface area contributed by atoms with E-state index in [2.05, 4.69) is 10.6 Å². The molecule has 27 heavy (non-hydrogen) atoms.